The van der Waals surface area contributed by atoms with Crippen molar-refractivity contribution < 1.29 is 49.0 Å². The highest BCUT2D eigenvalue weighted by molar-refractivity contribution is 8.01. The van der Waals surface area contributed by atoms with E-state index < -0.39 is 100 Å². The maximum absolute atomic E-state index is 13.4. The number of carbonyl (C=O) groups excluding carboxylic acids is 3. The summed E-state index contributed by atoms with van der Waals surface area (Å²) in [6, 6.07) is 0. The Morgan fingerprint density at radius 3 is 2.50 bits per heavy atom. The first kappa shape index (κ1) is 29.7. The van der Waals surface area contributed by atoms with Gasteiger partial charge in [-0.25, -0.2) is 4.79 Å². The molecule has 0 aromatic rings. The molecule has 4 fully saturated rings. The molecule has 0 aromatic carbocycles. The highest BCUT2D eigenvalue weighted by atomic mass is 32.2. The number of carbonyl (C=O) groups is 3. The van der Waals surface area contributed by atoms with E-state index in [1.807, 2.05) is 20.8 Å². The van der Waals surface area contributed by atoms with Gasteiger partial charge in [-0.15, -0.1) is 11.8 Å². The molecule has 0 radical (unpaired) electrons. The van der Waals surface area contributed by atoms with Gasteiger partial charge in [-0.1, -0.05) is 40.7 Å². The molecule has 4 aliphatic carbocycles. The van der Waals surface area contributed by atoms with Crippen molar-refractivity contribution in [2.24, 2.45) is 35.0 Å². The third kappa shape index (κ3) is 3.33. The van der Waals surface area contributed by atoms with Crippen molar-refractivity contribution in [1.82, 2.24) is 0 Å². The van der Waals surface area contributed by atoms with E-state index >= 15 is 0 Å². The minimum atomic E-state index is -2.26. The van der Waals surface area contributed by atoms with Crippen LogP contribution in [0, 0.1) is 35.0 Å². The van der Waals surface area contributed by atoms with E-state index in [2.05, 4.69) is 0 Å². The van der Waals surface area contributed by atoms with Crippen LogP contribution in [0.25, 0.3) is 0 Å². The fraction of sp³-hybridized carbons (Fsp3) is 0.759. The number of aliphatic hydroxyl groups excluding tert-OH is 2. The molecule has 0 spiro atoms. The Hall–Kier alpha value is -1.76. The van der Waals surface area contributed by atoms with E-state index in [1.165, 1.54) is 30.8 Å². The van der Waals surface area contributed by atoms with Crippen LogP contribution in [-0.2, 0) is 28.6 Å². The molecule has 0 aromatic heterocycles. The van der Waals surface area contributed by atoms with Gasteiger partial charge < -0.3 is 34.6 Å². The van der Waals surface area contributed by atoms with E-state index in [-0.39, 0.29) is 5.57 Å². The van der Waals surface area contributed by atoms with Crippen molar-refractivity contribution in [1.29, 1.82) is 0 Å². The van der Waals surface area contributed by atoms with Crippen LogP contribution in [0.2, 0.25) is 0 Å². The van der Waals surface area contributed by atoms with Gasteiger partial charge in [0.05, 0.1) is 24.2 Å². The van der Waals surface area contributed by atoms with Crippen molar-refractivity contribution >= 4 is 29.5 Å². The molecule has 40 heavy (non-hydrogen) atoms. The van der Waals surface area contributed by atoms with Crippen molar-refractivity contribution in [3.63, 3.8) is 0 Å². The second-order valence-electron chi connectivity index (χ2n) is 12.9. The second kappa shape index (κ2) is 9.12. The average Bonchev–Trinajstić information content (AvgIpc) is 3.75. The zero-order chi connectivity index (χ0) is 29.8. The van der Waals surface area contributed by atoms with Crippen LogP contribution in [0.5, 0.6) is 0 Å². The molecule has 1 saturated heterocycles. The van der Waals surface area contributed by atoms with Crippen LogP contribution in [-0.4, -0.2) is 91.7 Å². The predicted octanol–water partition coefficient (Wildman–Crippen LogP) is 1.14. The van der Waals surface area contributed by atoms with Gasteiger partial charge in [0.25, 0.3) is 0 Å². The lowest BCUT2D eigenvalue weighted by Gasteiger charge is -2.54. The Labute approximate surface area is 238 Å². The number of Topliss-reactive ketones (excluding diaryl/α,β-unsaturated/α-hetero) is 1. The minimum absolute atomic E-state index is 0.220. The average molecular weight is 581 g/mol. The predicted molar refractivity (Wildman–Crippen MR) is 144 cm³/mol. The summed E-state index contributed by atoms with van der Waals surface area (Å²) in [6.45, 7) is 9.67. The topological polar surface area (TPSA) is 163 Å². The largest absolute Gasteiger partial charge is 0.454 e. The molecular formula is C29H40O10S. The summed E-state index contributed by atoms with van der Waals surface area (Å²) in [4.78, 5) is 39.7. The minimum Gasteiger partial charge on any atom is -0.454 e. The molecule has 0 amide bonds. The summed E-state index contributed by atoms with van der Waals surface area (Å²) in [7, 11) is 0. The molecule has 0 bridgehead atoms. The van der Waals surface area contributed by atoms with Gasteiger partial charge in [0, 0.05) is 35.2 Å². The number of ketones is 1. The summed E-state index contributed by atoms with van der Waals surface area (Å²) in [5, 5.41) is 48.7. The molecule has 5 aliphatic rings. The second-order valence-corrected chi connectivity index (χ2v) is 13.6. The fourth-order valence-corrected chi connectivity index (χ4v) is 8.65. The fourth-order valence-electron chi connectivity index (χ4n) is 8.40. The van der Waals surface area contributed by atoms with Crippen molar-refractivity contribution in [2.45, 2.75) is 88.7 Å². The van der Waals surface area contributed by atoms with Crippen LogP contribution in [0.15, 0.2) is 23.1 Å². The van der Waals surface area contributed by atoms with Crippen LogP contribution in [0.3, 0.4) is 0 Å². The first-order chi connectivity index (χ1) is 18.6. The maximum atomic E-state index is 13.4. The monoisotopic (exact) mass is 580 g/mol. The van der Waals surface area contributed by atoms with E-state index in [9.17, 15) is 34.8 Å². The number of epoxide rings is 1. The normalized spacial score (nSPS) is 48.6. The zero-order valence-electron chi connectivity index (χ0n) is 23.9. The summed E-state index contributed by atoms with van der Waals surface area (Å²) in [6.07, 6.45) is 1.05. The molecule has 5 rings (SSSR count). The zero-order valence-corrected chi connectivity index (χ0v) is 24.7. The van der Waals surface area contributed by atoms with Gasteiger partial charge in [-0.2, -0.15) is 0 Å². The smallest absolute Gasteiger partial charge is 0.331 e. The number of ether oxygens (including phenoxy) is 3. The lowest BCUT2D eigenvalue weighted by molar-refractivity contribution is -0.250. The van der Waals surface area contributed by atoms with Crippen LogP contribution in [0.4, 0.5) is 0 Å². The summed E-state index contributed by atoms with van der Waals surface area (Å²) in [5.74, 6) is -6.48. The third-order valence-electron chi connectivity index (χ3n) is 10.9. The van der Waals surface area contributed by atoms with Crippen LogP contribution in [0.1, 0.15) is 48.0 Å². The number of hydrogen-bond donors (Lipinski definition) is 4. The van der Waals surface area contributed by atoms with Gasteiger partial charge in [-0.3, -0.25) is 9.59 Å². The summed E-state index contributed by atoms with van der Waals surface area (Å²) in [5.41, 5.74) is -8.11. The number of thioether (sulfide) groups is 1. The first-order valence-corrected chi connectivity index (χ1v) is 15.1. The molecule has 1 heterocycles. The standard InChI is InChI=1S/C29H40O10S/c1-8-13(2)23(34)38-29-19(25(29,5)6)18-21(33)26(12-30)24(39-26)28(36)16(11-14(3)20(28)32)27(18,35)15(4)22(29)37-17(31)9-10-40-7/h9-11,13,15-16,18-19,21-22,24,30,33,35-36H,8,12H2,1-7H3/b10-9+/t13?,15-,16+,18-,19+,21?,22?,24?,26?,27?,28?,29?/m1/s1. The van der Waals surface area contributed by atoms with E-state index in [4.69, 9.17) is 14.2 Å². The maximum Gasteiger partial charge on any atom is 0.331 e. The van der Waals surface area contributed by atoms with E-state index in [0.717, 1.165) is 0 Å². The molecule has 3 saturated carbocycles. The van der Waals surface area contributed by atoms with E-state index in [1.54, 1.807) is 25.5 Å². The van der Waals surface area contributed by atoms with Gasteiger partial charge in [0.2, 0.25) is 0 Å². The lowest BCUT2D eigenvalue weighted by Crippen LogP contribution is -2.69. The number of fused-ring (bicyclic) bond motifs is 7. The quantitative estimate of drug-likeness (QED) is 0.194. The molecule has 11 heteroatoms. The highest BCUT2D eigenvalue weighted by Crippen LogP contribution is 2.79. The Morgan fingerprint density at radius 2 is 1.93 bits per heavy atom. The van der Waals surface area contributed by atoms with Gasteiger partial charge >= 0.3 is 11.9 Å². The van der Waals surface area contributed by atoms with Crippen LogP contribution >= 0.6 is 11.8 Å². The number of aliphatic hydroxyl groups is 4. The van der Waals surface area contributed by atoms with Crippen molar-refractivity contribution in [2.75, 3.05) is 12.9 Å². The Kier molecular flexibility index (Phi) is 6.78. The molecular weight excluding hydrogens is 540 g/mol. The van der Waals surface area contributed by atoms with Crippen molar-refractivity contribution in [3.8, 4) is 0 Å². The van der Waals surface area contributed by atoms with Gasteiger partial charge in [0.15, 0.2) is 17.0 Å². The summed E-state index contributed by atoms with van der Waals surface area (Å²) < 4.78 is 18.1. The third-order valence-corrected chi connectivity index (χ3v) is 11.3. The van der Waals surface area contributed by atoms with Gasteiger partial charge in [0.1, 0.15) is 17.8 Å². The van der Waals surface area contributed by atoms with Gasteiger partial charge in [-0.05, 0) is 30.6 Å². The van der Waals surface area contributed by atoms with Crippen molar-refractivity contribution in [3.05, 3.63) is 23.1 Å². The number of rotatable bonds is 7. The molecule has 1 aliphatic heterocycles. The molecule has 222 valence electrons. The highest BCUT2D eigenvalue weighted by Gasteiger charge is 2.92. The number of hydrogen-bond acceptors (Lipinski definition) is 11. The molecule has 4 N–H and O–H groups in total. The van der Waals surface area contributed by atoms with Crippen LogP contribution < -0.4 is 0 Å². The SMILES string of the molecule is CCC(C)C(=O)OC12C(OC(=O)/C=C/SC)[C@@H](C)C3(O)[C@@H]4C=C(C)C(=O)C4(O)C4OC4(CO)C(O)[C@H]3[C@H]1C2(C)C. The van der Waals surface area contributed by atoms with E-state index in [0.29, 0.717) is 6.42 Å². The molecule has 12 atom stereocenters. The molecule has 10 nitrogen and oxygen atoms in total. The number of esters is 2. The Balaban J connectivity index is 1.72. The lowest BCUT2D eigenvalue weighted by atomic mass is 9.58. The first-order valence-electron chi connectivity index (χ1n) is 13.9. The Bertz CT molecular complexity index is 1200. The molecule has 8 unspecified atom stereocenters. The Morgan fingerprint density at radius 1 is 1.27 bits per heavy atom. The summed E-state index contributed by atoms with van der Waals surface area (Å²) >= 11 is 1.30.